The number of nitrogens with one attached hydrogen (secondary N) is 1. The zero-order valence-electron chi connectivity index (χ0n) is 12.5. The van der Waals surface area contributed by atoms with E-state index in [2.05, 4.69) is 48.6 Å². The zero-order chi connectivity index (χ0) is 14.4. The number of ether oxygens (including phenoxy) is 1. The van der Waals surface area contributed by atoms with E-state index in [4.69, 9.17) is 4.74 Å². The van der Waals surface area contributed by atoms with Gasteiger partial charge in [-0.3, -0.25) is 0 Å². The van der Waals surface area contributed by atoms with Gasteiger partial charge in [0.1, 0.15) is 5.75 Å². The topological polar surface area (TPSA) is 21.3 Å². The van der Waals surface area contributed by atoms with E-state index in [0.717, 1.165) is 18.6 Å². The van der Waals surface area contributed by atoms with Crippen molar-refractivity contribution >= 4 is 0 Å². The molecular weight excluding hydrogens is 246 g/mol. The summed E-state index contributed by atoms with van der Waals surface area (Å²) >= 11 is 0. The van der Waals surface area contributed by atoms with E-state index >= 15 is 0 Å². The summed E-state index contributed by atoms with van der Waals surface area (Å²) in [5.74, 6) is 0.896. The first-order chi connectivity index (χ1) is 9.72. The van der Waals surface area contributed by atoms with E-state index < -0.39 is 0 Å². The molecule has 0 aliphatic rings. The lowest BCUT2D eigenvalue weighted by Crippen LogP contribution is -2.21. The van der Waals surface area contributed by atoms with Gasteiger partial charge in [-0.15, -0.1) is 0 Å². The molecule has 2 rings (SSSR count). The molecule has 0 heterocycles. The lowest BCUT2D eigenvalue weighted by atomic mass is 10.00. The smallest absolute Gasteiger partial charge is 0.118 e. The average Bonchev–Trinajstić information content (AvgIpc) is 2.53. The molecule has 1 N–H and O–H groups in total. The molecule has 0 saturated heterocycles. The molecule has 106 valence electrons. The van der Waals surface area contributed by atoms with Gasteiger partial charge in [-0.2, -0.15) is 0 Å². The summed E-state index contributed by atoms with van der Waals surface area (Å²) in [6, 6.07) is 17.6. The van der Waals surface area contributed by atoms with Crippen LogP contribution >= 0.6 is 0 Å². The predicted octanol–water partition coefficient (Wildman–Crippen LogP) is 3.90. The van der Waals surface area contributed by atoms with Gasteiger partial charge in [0.2, 0.25) is 0 Å². The van der Waals surface area contributed by atoms with Crippen molar-refractivity contribution in [2.24, 2.45) is 0 Å². The lowest BCUT2D eigenvalue weighted by Gasteiger charge is -2.11. The van der Waals surface area contributed by atoms with Crippen LogP contribution < -0.4 is 10.1 Å². The molecule has 0 fully saturated rings. The molecule has 2 nitrogen and oxygen atoms in total. The van der Waals surface area contributed by atoms with Crippen molar-refractivity contribution in [3.63, 3.8) is 0 Å². The number of methoxy groups -OCH3 is 1. The Kier molecular flexibility index (Phi) is 5.19. The van der Waals surface area contributed by atoms with E-state index in [1.54, 1.807) is 7.11 Å². The molecule has 0 bridgehead atoms. The molecule has 1 atom stereocenters. The van der Waals surface area contributed by atoms with Gasteiger partial charge in [0.05, 0.1) is 7.11 Å². The van der Waals surface area contributed by atoms with Crippen LogP contribution in [0.2, 0.25) is 0 Å². The molecule has 1 unspecified atom stereocenters. The maximum Gasteiger partial charge on any atom is 0.118 e. The normalized spacial score (nSPS) is 12.2. The quantitative estimate of drug-likeness (QED) is 0.858. The van der Waals surface area contributed by atoms with Crippen LogP contribution in [0.25, 0.3) is 11.1 Å². The van der Waals surface area contributed by atoms with Gasteiger partial charge in [0, 0.05) is 6.04 Å². The van der Waals surface area contributed by atoms with Crippen molar-refractivity contribution in [2.45, 2.75) is 25.8 Å². The van der Waals surface area contributed by atoms with E-state index in [1.165, 1.54) is 16.7 Å². The minimum atomic E-state index is 0.555. The van der Waals surface area contributed by atoms with Gasteiger partial charge in [0.15, 0.2) is 0 Å². The van der Waals surface area contributed by atoms with Crippen LogP contribution in [0.4, 0.5) is 0 Å². The third kappa shape index (κ3) is 3.84. The third-order valence-corrected chi connectivity index (χ3v) is 3.71. The predicted molar refractivity (Wildman–Crippen MR) is 85.3 cm³/mol. The van der Waals surface area contributed by atoms with Crippen LogP contribution in [-0.4, -0.2) is 20.2 Å². The molecule has 2 aromatic carbocycles. The second kappa shape index (κ2) is 7.11. The summed E-state index contributed by atoms with van der Waals surface area (Å²) < 4.78 is 5.20. The zero-order valence-corrected chi connectivity index (χ0v) is 12.5. The fourth-order valence-electron chi connectivity index (χ4n) is 2.22. The van der Waals surface area contributed by atoms with Gasteiger partial charge < -0.3 is 10.1 Å². The van der Waals surface area contributed by atoms with Gasteiger partial charge in [0.25, 0.3) is 0 Å². The van der Waals surface area contributed by atoms with Gasteiger partial charge in [-0.25, -0.2) is 0 Å². The summed E-state index contributed by atoms with van der Waals surface area (Å²) in [6.07, 6.45) is 2.26. The van der Waals surface area contributed by atoms with Crippen LogP contribution in [0.15, 0.2) is 48.5 Å². The van der Waals surface area contributed by atoms with Crippen molar-refractivity contribution in [3.8, 4) is 16.9 Å². The Labute approximate surface area is 121 Å². The van der Waals surface area contributed by atoms with E-state index in [9.17, 15) is 0 Å². The highest BCUT2D eigenvalue weighted by atomic mass is 16.5. The first-order valence-electron chi connectivity index (χ1n) is 7.13. The van der Waals surface area contributed by atoms with Gasteiger partial charge >= 0.3 is 0 Å². The first-order valence-corrected chi connectivity index (χ1v) is 7.13. The van der Waals surface area contributed by atoms with E-state index in [1.807, 2.05) is 19.2 Å². The molecule has 2 heteroatoms. The van der Waals surface area contributed by atoms with Crippen molar-refractivity contribution in [1.82, 2.24) is 5.32 Å². The maximum atomic E-state index is 5.20. The summed E-state index contributed by atoms with van der Waals surface area (Å²) in [7, 11) is 3.71. The Morgan fingerprint density at radius 1 is 1.05 bits per heavy atom. The Morgan fingerprint density at radius 2 is 1.80 bits per heavy atom. The highest BCUT2D eigenvalue weighted by Gasteiger charge is 2.02. The van der Waals surface area contributed by atoms with Gasteiger partial charge in [-0.1, -0.05) is 36.4 Å². The van der Waals surface area contributed by atoms with Crippen molar-refractivity contribution in [1.29, 1.82) is 0 Å². The Bertz CT molecular complexity index is 533. The SMILES string of the molecule is CNC(C)CCc1cccc(-c2ccc(OC)cc2)c1. The molecular formula is C18H23NO. The van der Waals surface area contributed by atoms with Crippen LogP contribution in [0.1, 0.15) is 18.9 Å². The highest BCUT2D eigenvalue weighted by Crippen LogP contribution is 2.23. The summed E-state index contributed by atoms with van der Waals surface area (Å²) in [5.41, 5.74) is 3.89. The molecule has 0 aliphatic carbocycles. The van der Waals surface area contributed by atoms with Crippen LogP contribution in [-0.2, 0) is 6.42 Å². The fourth-order valence-corrected chi connectivity index (χ4v) is 2.22. The summed E-state index contributed by atoms with van der Waals surface area (Å²) in [5, 5.41) is 3.28. The largest absolute Gasteiger partial charge is 0.497 e. The molecule has 0 saturated carbocycles. The average molecular weight is 269 g/mol. The molecule has 0 amide bonds. The molecule has 20 heavy (non-hydrogen) atoms. The number of hydrogen-bond donors (Lipinski definition) is 1. The molecule has 0 aromatic heterocycles. The molecule has 0 aliphatic heterocycles. The molecule has 2 aromatic rings. The highest BCUT2D eigenvalue weighted by molar-refractivity contribution is 5.64. The third-order valence-electron chi connectivity index (χ3n) is 3.71. The Hall–Kier alpha value is -1.80. The summed E-state index contributed by atoms with van der Waals surface area (Å²) in [4.78, 5) is 0. The second-order valence-corrected chi connectivity index (χ2v) is 5.16. The van der Waals surface area contributed by atoms with Crippen molar-refractivity contribution < 1.29 is 4.74 Å². The van der Waals surface area contributed by atoms with E-state index in [0.29, 0.717) is 6.04 Å². The monoisotopic (exact) mass is 269 g/mol. The molecule has 0 radical (unpaired) electrons. The first kappa shape index (κ1) is 14.6. The lowest BCUT2D eigenvalue weighted by molar-refractivity contribution is 0.415. The number of aryl methyl sites for hydroxylation is 1. The number of hydrogen-bond acceptors (Lipinski definition) is 2. The van der Waals surface area contributed by atoms with Crippen molar-refractivity contribution in [3.05, 3.63) is 54.1 Å². The van der Waals surface area contributed by atoms with Gasteiger partial charge in [-0.05, 0) is 55.6 Å². The van der Waals surface area contributed by atoms with Crippen LogP contribution in [0.3, 0.4) is 0 Å². The maximum absolute atomic E-state index is 5.20. The summed E-state index contributed by atoms with van der Waals surface area (Å²) in [6.45, 7) is 2.22. The van der Waals surface area contributed by atoms with Crippen molar-refractivity contribution in [2.75, 3.05) is 14.2 Å². The Balaban J connectivity index is 2.12. The van der Waals surface area contributed by atoms with Crippen LogP contribution in [0.5, 0.6) is 5.75 Å². The Morgan fingerprint density at radius 3 is 2.45 bits per heavy atom. The second-order valence-electron chi connectivity index (χ2n) is 5.16. The van der Waals surface area contributed by atoms with E-state index in [-0.39, 0.29) is 0 Å². The number of rotatable bonds is 6. The standard InChI is InChI=1S/C18H23NO/c1-14(19-2)7-8-15-5-4-6-17(13-15)16-9-11-18(20-3)12-10-16/h4-6,9-14,19H,7-8H2,1-3H3. The fraction of sp³-hybridized carbons (Fsp3) is 0.333. The molecule has 0 spiro atoms. The van der Waals surface area contributed by atoms with Crippen LogP contribution in [0, 0.1) is 0 Å². The minimum absolute atomic E-state index is 0.555. The minimum Gasteiger partial charge on any atom is -0.497 e. The number of benzene rings is 2.